The van der Waals surface area contributed by atoms with Gasteiger partial charge in [0.05, 0.1) is 25.7 Å². The minimum atomic E-state index is 0.0650. The molecule has 0 bridgehead atoms. The van der Waals surface area contributed by atoms with Crippen LogP contribution in [0.2, 0.25) is 0 Å². The summed E-state index contributed by atoms with van der Waals surface area (Å²) in [7, 11) is 0. The van der Waals surface area contributed by atoms with Crippen molar-refractivity contribution in [3.8, 4) is 0 Å². The van der Waals surface area contributed by atoms with Crippen LogP contribution in [0.25, 0.3) is 0 Å². The van der Waals surface area contributed by atoms with Gasteiger partial charge in [0.25, 0.3) is 0 Å². The Morgan fingerprint density at radius 1 is 1.12 bits per heavy atom. The summed E-state index contributed by atoms with van der Waals surface area (Å²) in [6, 6.07) is 10.4. The summed E-state index contributed by atoms with van der Waals surface area (Å²) < 4.78 is 5.60. The second-order valence-electron chi connectivity index (χ2n) is 6.70. The van der Waals surface area contributed by atoms with Gasteiger partial charge in [-0.1, -0.05) is 29.3 Å². The lowest BCUT2D eigenvalue weighted by Gasteiger charge is -2.19. The minimum Gasteiger partial charge on any atom is -0.379 e. The maximum atomic E-state index is 12.4. The molecule has 1 amide bonds. The van der Waals surface area contributed by atoms with Gasteiger partial charge in [-0.3, -0.25) is 9.78 Å². The average molecular weight is 324 g/mol. The van der Waals surface area contributed by atoms with E-state index in [2.05, 4.69) is 42.3 Å². The van der Waals surface area contributed by atoms with E-state index in [1.165, 1.54) is 16.7 Å². The van der Waals surface area contributed by atoms with Crippen LogP contribution in [0.1, 0.15) is 22.3 Å². The zero-order valence-corrected chi connectivity index (χ0v) is 14.3. The van der Waals surface area contributed by atoms with Crippen molar-refractivity contribution in [2.45, 2.75) is 32.7 Å². The first-order valence-electron chi connectivity index (χ1n) is 8.43. The Labute approximate surface area is 143 Å². The van der Waals surface area contributed by atoms with Crippen LogP contribution >= 0.6 is 0 Å². The molecule has 0 saturated carbocycles. The third-order valence-electron chi connectivity index (χ3n) is 4.44. The third kappa shape index (κ3) is 4.42. The van der Waals surface area contributed by atoms with E-state index in [-0.39, 0.29) is 11.9 Å². The molecule has 2 aromatic rings. The number of aromatic nitrogens is 1. The first-order chi connectivity index (χ1) is 11.6. The Morgan fingerprint density at radius 2 is 1.83 bits per heavy atom. The highest BCUT2D eigenvalue weighted by molar-refractivity contribution is 5.79. The SMILES string of the molecule is Cc1cc(C)cc(CC(=O)NC2COCC2Cc2ccncc2)c1. The van der Waals surface area contributed by atoms with Crippen LogP contribution in [-0.4, -0.2) is 30.1 Å². The number of benzene rings is 1. The molecule has 1 fully saturated rings. The van der Waals surface area contributed by atoms with Crippen LogP contribution in [0.5, 0.6) is 0 Å². The predicted molar refractivity (Wildman–Crippen MR) is 93.8 cm³/mol. The number of rotatable bonds is 5. The zero-order chi connectivity index (χ0) is 16.9. The summed E-state index contributed by atoms with van der Waals surface area (Å²) in [5.74, 6) is 0.380. The van der Waals surface area contributed by atoms with Gasteiger partial charge in [0.15, 0.2) is 0 Å². The van der Waals surface area contributed by atoms with Crippen molar-refractivity contribution in [3.05, 3.63) is 65.0 Å². The molecule has 4 heteroatoms. The largest absolute Gasteiger partial charge is 0.379 e. The molecule has 2 heterocycles. The normalized spacial score (nSPS) is 20.1. The Balaban J connectivity index is 1.58. The van der Waals surface area contributed by atoms with E-state index in [9.17, 15) is 4.79 Å². The number of carbonyl (C=O) groups excluding carboxylic acids is 1. The topological polar surface area (TPSA) is 51.2 Å². The number of nitrogens with zero attached hydrogens (tertiary/aromatic N) is 1. The van der Waals surface area contributed by atoms with E-state index in [1.54, 1.807) is 12.4 Å². The van der Waals surface area contributed by atoms with Crippen LogP contribution in [0, 0.1) is 19.8 Å². The number of hydrogen-bond donors (Lipinski definition) is 1. The Hall–Kier alpha value is -2.20. The third-order valence-corrected chi connectivity index (χ3v) is 4.44. The molecule has 2 unspecified atom stereocenters. The first-order valence-corrected chi connectivity index (χ1v) is 8.43. The summed E-state index contributed by atoms with van der Waals surface area (Å²) in [4.78, 5) is 16.5. The molecular formula is C20H24N2O2. The van der Waals surface area contributed by atoms with Crippen molar-refractivity contribution in [1.29, 1.82) is 0 Å². The van der Waals surface area contributed by atoms with Crippen molar-refractivity contribution in [1.82, 2.24) is 10.3 Å². The van der Waals surface area contributed by atoms with Crippen molar-refractivity contribution in [2.24, 2.45) is 5.92 Å². The molecule has 1 aromatic heterocycles. The van der Waals surface area contributed by atoms with E-state index in [0.717, 1.165) is 12.0 Å². The fourth-order valence-corrected chi connectivity index (χ4v) is 3.40. The van der Waals surface area contributed by atoms with Crippen LogP contribution in [-0.2, 0) is 22.4 Å². The van der Waals surface area contributed by atoms with Gasteiger partial charge < -0.3 is 10.1 Å². The molecule has 1 aliphatic heterocycles. The summed E-state index contributed by atoms with van der Waals surface area (Å²) in [6.07, 6.45) is 4.93. The smallest absolute Gasteiger partial charge is 0.224 e. The number of hydrogen-bond acceptors (Lipinski definition) is 3. The molecule has 3 rings (SSSR count). The Morgan fingerprint density at radius 3 is 2.54 bits per heavy atom. The Bertz CT molecular complexity index is 680. The van der Waals surface area contributed by atoms with Crippen LogP contribution < -0.4 is 5.32 Å². The van der Waals surface area contributed by atoms with Gasteiger partial charge in [-0.25, -0.2) is 0 Å². The highest BCUT2D eigenvalue weighted by Crippen LogP contribution is 2.19. The summed E-state index contributed by atoms with van der Waals surface area (Å²) in [5.41, 5.74) is 4.68. The molecule has 4 nitrogen and oxygen atoms in total. The molecule has 0 spiro atoms. The number of carbonyl (C=O) groups is 1. The number of aryl methyl sites for hydroxylation is 2. The molecule has 1 N–H and O–H groups in total. The fourth-order valence-electron chi connectivity index (χ4n) is 3.40. The summed E-state index contributed by atoms with van der Waals surface area (Å²) in [5, 5.41) is 3.16. The van der Waals surface area contributed by atoms with E-state index in [0.29, 0.717) is 25.6 Å². The predicted octanol–water partition coefficient (Wildman–Crippen LogP) is 2.61. The van der Waals surface area contributed by atoms with Crippen molar-refractivity contribution in [3.63, 3.8) is 0 Å². The minimum absolute atomic E-state index is 0.0650. The number of nitrogens with one attached hydrogen (secondary N) is 1. The summed E-state index contributed by atoms with van der Waals surface area (Å²) >= 11 is 0. The van der Waals surface area contributed by atoms with Crippen molar-refractivity contribution in [2.75, 3.05) is 13.2 Å². The monoisotopic (exact) mass is 324 g/mol. The van der Waals surface area contributed by atoms with E-state index in [1.807, 2.05) is 12.1 Å². The second kappa shape index (κ2) is 7.58. The number of amides is 1. The number of ether oxygens (including phenoxy) is 1. The average Bonchev–Trinajstić information content (AvgIpc) is 2.94. The molecule has 126 valence electrons. The molecule has 1 aliphatic rings. The van der Waals surface area contributed by atoms with E-state index in [4.69, 9.17) is 4.74 Å². The van der Waals surface area contributed by atoms with Crippen LogP contribution in [0.3, 0.4) is 0 Å². The van der Waals surface area contributed by atoms with Gasteiger partial charge in [0, 0.05) is 18.3 Å². The van der Waals surface area contributed by atoms with Gasteiger partial charge in [0.2, 0.25) is 5.91 Å². The van der Waals surface area contributed by atoms with Crippen molar-refractivity contribution >= 4 is 5.91 Å². The fraction of sp³-hybridized carbons (Fsp3) is 0.400. The standard InChI is InChI=1S/C20H24N2O2/c1-14-7-15(2)9-17(8-14)11-20(23)22-19-13-24-12-18(19)10-16-3-5-21-6-4-16/h3-9,18-19H,10-13H2,1-2H3,(H,22,23). The first kappa shape index (κ1) is 16.7. The van der Waals surface area contributed by atoms with E-state index < -0.39 is 0 Å². The van der Waals surface area contributed by atoms with Gasteiger partial charge in [-0.05, 0) is 43.5 Å². The molecule has 0 radical (unpaired) electrons. The molecule has 1 saturated heterocycles. The second-order valence-corrected chi connectivity index (χ2v) is 6.70. The molecular weight excluding hydrogens is 300 g/mol. The summed E-state index contributed by atoms with van der Waals surface area (Å²) in [6.45, 7) is 5.40. The van der Waals surface area contributed by atoms with Gasteiger partial charge in [0.1, 0.15) is 0 Å². The lowest BCUT2D eigenvalue weighted by Crippen LogP contribution is -2.41. The molecule has 1 aromatic carbocycles. The van der Waals surface area contributed by atoms with Gasteiger partial charge >= 0.3 is 0 Å². The van der Waals surface area contributed by atoms with Gasteiger partial charge in [-0.2, -0.15) is 0 Å². The van der Waals surface area contributed by atoms with Crippen LogP contribution in [0.15, 0.2) is 42.7 Å². The maximum Gasteiger partial charge on any atom is 0.224 e. The molecule has 24 heavy (non-hydrogen) atoms. The highest BCUT2D eigenvalue weighted by atomic mass is 16.5. The maximum absolute atomic E-state index is 12.4. The van der Waals surface area contributed by atoms with Crippen LogP contribution in [0.4, 0.5) is 0 Å². The quantitative estimate of drug-likeness (QED) is 0.920. The van der Waals surface area contributed by atoms with E-state index >= 15 is 0 Å². The Kier molecular flexibility index (Phi) is 5.26. The van der Waals surface area contributed by atoms with Gasteiger partial charge in [-0.15, -0.1) is 0 Å². The lowest BCUT2D eigenvalue weighted by atomic mass is 9.95. The molecule has 2 atom stereocenters. The molecule has 0 aliphatic carbocycles. The number of pyridine rings is 1. The lowest BCUT2D eigenvalue weighted by molar-refractivity contribution is -0.121. The zero-order valence-electron chi connectivity index (χ0n) is 14.3. The van der Waals surface area contributed by atoms with Crippen molar-refractivity contribution < 1.29 is 9.53 Å². The highest BCUT2D eigenvalue weighted by Gasteiger charge is 2.29.